The van der Waals surface area contributed by atoms with Gasteiger partial charge < -0.3 is 10.2 Å². The highest BCUT2D eigenvalue weighted by molar-refractivity contribution is 6.31. The molecular weight excluding hydrogens is 252 g/mol. The number of aryl methyl sites for hydroxylation is 1. The van der Waals surface area contributed by atoms with Gasteiger partial charge in [-0.1, -0.05) is 11.6 Å². The van der Waals surface area contributed by atoms with Crippen LogP contribution >= 0.6 is 11.6 Å². The monoisotopic (exact) mass is 270 g/mol. The molecule has 18 heavy (non-hydrogen) atoms. The maximum absolute atomic E-state index is 12.2. The van der Waals surface area contributed by atoms with Gasteiger partial charge in [0, 0.05) is 19.6 Å². The zero-order valence-corrected chi connectivity index (χ0v) is 11.8. The summed E-state index contributed by atoms with van der Waals surface area (Å²) in [6.45, 7) is 5.84. The number of carbonyl (C=O) groups excluding carboxylic acids is 1. The van der Waals surface area contributed by atoms with E-state index in [4.69, 9.17) is 11.6 Å². The van der Waals surface area contributed by atoms with Gasteiger partial charge in [0.1, 0.15) is 6.54 Å². The lowest BCUT2D eigenvalue weighted by molar-refractivity contribution is -0.132. The van der Waals surface area contributed by atoms with Crippen LogP contribution in [0.5, 0.6) is 0 Å². The van der Waals surface area contributed by atoms with E-state index in [-0.39, 0.29) is 12.5 Å². The second-order valence-corrected chi connectivity index (χ2v) is 5.17. The standard InChI is InChI=1S/C12H19ClN4O/c1-8-12(13)9(2)17(15-8)7-11(18)16(3)10-4-5-14-6-10/h10,14H,4-7H2,1-3H3/t10-/m1/s1. The van der Waals surface area contributed by atoms with Gasteiger partial charge in [-0.25, -0.2) is 0 Å². The number of likely N-dealkylation sites (N-methyl/N-ethyl adjacent to an activating group) is 1. The molecule has 0 unspecified atom stereocenters. The van der Waals surface area contributed by atoms with Crippen LogP contribution < -0.4 is 5.32 Å². The predicted octanol–water partition coefficient (Wildman–Crippen LogP) is 0.974. The fourth-order valence-corrected chi connectivity index (χ4v) is 2.38. The molecule has 1 saturated heterocycles. The summed E-state index contributed by atoms with van der Waals surface area (Å²) in [5.41, 5.74) is 1.62. The van der Waals surface area contributed by atoms with Gasteiger partial charge >= 0.3 is 0 Å². The fraction of sp³-hybridized carbons (Fsp3) is 0.667. The minimum Gasteiger partial charge on any atom is -0.340 e. The predicted molar refractivity (Wildman–Crippen MR) is 70.8 cm³/mol. The number of nitrogens with one attached hydrogen (secondary N) is 1. The molecule has 1 amide bonds. The highest BCUT2D eigenvalue weighted by Crippen LogP contribution is 2.19. The minimum atomic E-state index is 0.0750. The number of hydrogen-bond acceptors (Lipinski definition) is 3. The number of halogens is 1. The molecule has 6 heteroatoms. The van der Waals surface area contributed by atoms with E-state index in [0.717, 1.165) is 30.9 Å². The minimum absolute atomic E-state index is 0.0750. The molecule has 0 radical (unpaired) electrons. The van der Waals surface area contributed by atoms with Crippen LogP contribution in [0.1, 0.15) is 17.8 Å². The van der Waals surface area contributed by atoms with E-state index in [1.165, 1.54) is 0 Å². The molecule has 1 aromatic rings. The summed E-state index contributed by atoms with van der Waals surface area (Å²) < 4.78 is 1.68. The summed E-state index contributed by atoms with van der Waals surface area (Å²) >= 11 is 6.07. The Labute approximate surface area is 112 Å². The van der Waals surface area contributed by atoms with Crippen LogP contribution in [0.15, 0.2) is 0 Å². The molecule has 1 N–H and O–H groups in total. The van der Waals surface area contributed by atoms with Crippen LogP contribution in [-0.4, -0.2) is 46.8 Å². The molecule has 5 nitrogen and oxygen atoms in total. The Hall–Kier alpha value is -1.07. The second kappa shape index (κ2) is 5.28. The fourth-order valence-electron chi connectivity index (χ4n) is 2.24. The van der Waals surface area contributed by atoms with Gasteiger partial charge in [-0.05, 0) is 26.8 Å². The zero-order valence-electron chi connectivity index (χ0n) is 11.0. The third kappa shape index (κ3) is 2.52. The molecule has 2 rings (SSSR count). The Kier molecular flexibility index (Phi) is 3.92. The van der Waals surface area contributed by atoms with Crippen LogP contribution in [0.4, 0.5) is 0 Å². The molecule has 1 aromatic heterocycles. The zero-order chi connectivity index (χ0) is 13.3. The lowest BCUT2D eigenvalue weighted by Gasteiger charge is -2.23. The first-order chi connectivity index (χ1) is 8.50. The number of carbonyl (C=O) groups is 1. The van der Waals surface area contributed by atoms with Crippen molar-refractivity contribution in [3.63, 3.8) is 0 Å². The molecule has 100 valence electrons. The SMILES string of the molecule is Cc1nn(CC(=O)N(C)[C@@H]2CCNC2)c(C)c1Cl. The van der Waals surface area contributed by atoms with Crippen molar-refractivity contribution in [3.8, 4) is 0 Å². The van der Waals surface area contributed by atoms with Crippen LogP contribution in [0.25, 0.3) is 0 Å². The largest absolute Gasteiger partial charge is 0.340 e. The average molecular weight is 271 g/mol. The molecule has 0 aromatic carbocycles. The normalized spacial score (nSPS) is 19.2. The molecule has 0 saturated carbocycles. The molecular formula is C12H19ClN4O. The summed E-state index contributed by atoms with van der Waals surface area (Å²) in [5, 5.41) is 8.19. The number of amides is 1. The summed E-state index contributed by atoms with van der Waals surface area (Å²) in [6, 6.07) is 0.296. The number of nitrogens with zero attached hydrogens (tertiary/aromatic N) is 3. The summed E-state index contributed by atoms with van der Waals surface area (Å²) in [7, 11) is 1.85. The molecule has 1 aliphatic rings. The first-order valence-corrected chi connectivity index (χ1v) is 6.54. The van der Waals surface area contributed by atoms with Crippen molar-refractivity contribution >= 4 is 17.5 Å². The summed E-state index contributed by atoms with van der Waals surface area (Å²) in [4.78, 5) is 14.0. The lowest BCUT2D eigenvalue weighted by Crippen LogP contribution is -2.40. The van der Waals surface area contributed by atoms with Crippen LogP contribution in [-0.2, 0) is 11.3 Å². The van der Waals surface area contributed by atoms with Crippen LogP contribution in [0.3, 0.4) is 0 Å². The highest BCUT2D eigenvalue weighted by Gasteiger charge is 2.24. The topological polar surface area (TPSA) is 50.2 Å². The Morgan fingerprint density at radius 3 is 2.83 bits per heavy atom. The quantitative estimate of drug-likeness (QED) is 0.891. The lowest BCUT2D eigenvalue weighted by atomic mass is 10.2. The van der Waals surface area contributed by atoms with Gasteiger partial charge in [0.05, 0.1) is 16.4 Å². The van der Waals surface area contributed by atoms with E-state index in [0.29, 0.717) is 11.1 Å². The van der Waals surface area contributed by atoms with Crippen molar-refractivity contribution in [2.75, 3.05) is 20.1 Å². The molecule has 1 atom stereocenters. The Morgan fingerprint density at radius 2 is 2.33 bits per heavy atom. The van der Waals surface area contributed by atoms with E-state index in [9.17, 15) is 4.79 Å². The summed E-state index contributed by atoms with van der Waals surface area (Å²) in [6.07, 6.45) is 1.01. The molecule has 2 heterocycles. The number of rotatable bonds is 3. The molecule has 1 fully saturated rings. The maximum atomic E-state index is 12.2. The van der Waals surface area contributed by atoms with Crippen molar-refractivity contribution in [3.05, 3.63) is 16.4 Å². The number of hydrogen-bond donors (Lipinski definition) is 1. The van der Waals surface area contributed by atoms with E-state index in [1.54, 1.807) is 4.68 Å². The van der Waals surface area contributed by atoms with Crippen molar-refractivity contribution in [1.82, 2.24) is 20.0 Å². The molecule has 1 aliphatic heterocycles. The number of aromatic nitrogens is 2. The van der Waals surface area contributed by atoms with Crippen LogP contribution in [0.2, 0.25) is 5.02 Å². The Balaban J connectivity index is 2.04. The third-order valence-electron chi connectivity index (χ3n) is 3.55. The molecule has 0 spiro atoms. The van der Waals surface area contributed by atoms with Gasteiger partial charge in [-0.3, -0.25) is 9.48 Å². The third-order valence-corrected chi connectivity index (χ3v) is 4.10. The van der Waals surface area contributed by atoms with Gasteiger partial charge in [0.25, 0.3) is 0 Å². The Morgan fingerprint density at radius 1 is 1.61 bits per heavy atom. The van der Waals surface area contributed by atoms with Gasteiger partial charge in [-0.2, -0.15) is 5.10 Å². The first kappa shape index (κ1) is 13.4. The van der Waals surface area contributed by atoms with Crippen LogP contribution in [0, 0.1) is 13.8 Å². The maximum Gasteiger partial charge on any atom is 0.244 e. The van der Waals surface area contributed by atoms with E-state index >= 15 is 0 Å². The second-order valence-electron chi connectivity index (χ2n) is 4.79. The average Bonchev–Trinajstić information content (AvgIpc) is 2.94. The van der Waals surface area contributed by atoms with Gasteiger partial charge in [0.15, 0.2) is 0 Å². The van der Waals surface area contributed by atoms with Crippen molar-refractivity contribution in [2.24, 2.45) is 0 Å². The highest BCUT2D eigenvalue weighted by atomic mass is 35.5. The van der Waals surface area contributed by atoms with E-state index < -0.39 is 0 Å². The van der Waals surface area contributed by atoms with Crippen molar-refractivity contribution < 1.29 is 4.79 Å². The van der Waals surface area contributed by atoms with E-state index in [2.05, 4.69) is 10.4 Å². The molecule has 0 aliphatic carbocycles. The Bertz CT molecular complexity index is 451. The van der Waals surface area contributed by atoms with Gasteiger partial charge in [0.2, 0.25) is 5.91 Å². The smallest absolute Gasteiger partial charge is 0.244 e. The molecule has 0 bridgehead atoms. The van der Waals surface area contributed by atoms with Gasteiger partial charge in [-0.15, -0.1) is 0 Å². The van der Waals surface area contributed by atoms with Crippen molar-refractivity contribution in [2.45, 2.75) is 32.9 Å². The summed E-state index contributed by atoms with van der Waals surface area (Å²) in [5.74, 6) is 0.0750. The first-order valence-electron chi connectivity index (χ1n) is 6.16. The van der Waals surface area contributed by atoms with E-state index in [1.807, 2.05) is 25.8 Å². The van der Waals surface area contributed by atoms with Crippen molar-refractivity contribution in [1.29, 1.82) is 0 Å².